The van der Waals surface area contributed by atoms with Crippen LogP contribution in [0.1, 0.15) is 30.0 Å². The van der Waals surface area contributed by atoms with Crippen LogP contribution in [-0.4, -0.2) is 27.5 Å². The summed E-state index contributed by atoms with van der Waals surface area (Å²) in [6.45, 7) is 4.86. The van der Waals surface area contributed by atoms with Gasteiger partial charge in [0.05, 0.1) is 11.0 Å². The predicted molar refractivity (Wildman–Crippen MR) is 102 cm³/mol. The molecule has 0 amide bonds. The zero-order valence-corrected chi connectivity index (χ0v) is 15.1. The molecule has 0 bridgehead atoms. The molecule has 5 heteroatoms. The van der Waals surface area contributed by atoms with Crippen molar-refractivity contribution in [3.63, 3.8) is 0 Å². The van der Waals surface area contributed by atoms with Gasteiger partial charge in [-0.05, 0) is 49.1 Å². The van der Waals surface area contributed by atoms with Gasteiger partial charge in [-0.2, -0.15) is 0 Å². The van der Waals surface area contributed by atoms with Crippen molar-refractivity contribution in [2.24, 2.45) is 0 Å². The normalized spacial score (nSPS) is 16.6. The number of rotatable bonds is 3. The second-order valence-corrected chi connectivity index (χ2v) is 7.33. The van der Waals surface area contributed by atoms with Crippen molar-refractivity contribution in [3.05, 3.63) is 69.1 Å². The number of hydrogen-bond acceptors (Lipinski definition) is 2. The summed E-state index contributed by atoms with van der Waals surface area (Å²) in [6.07, 6.45) is 1.95. The van der Waals surface area contributed by atoms with Crippen molar-refractivity contribution >= 4 is 22.6 Å². The van der Waals surface area contributed by atoms with E-state index in [1.165, 1.54) is 5.56 Å². The van der Waals surface area contributed by atoms with E-state index < -0.39 is 0 Å². The molecule has 0 spiro atoms. The van der Waals surface area contributed by atoms with Crippen LogP contribution >= 0.6 is 11.6 Å². The Morgan fingerprint density at radius 2 is 1.92 bits per heavy atom. The highest BCUT2D eigenvalue weighted by Crippen LogP contribution is 2.27. The Hall–Kier alpha value is -2.04. The van der Waals surface area contributed by atoms with Crippen LogP contribution in [0.25, 0.3) is 11.0 Å². The smallest absolute Gasteiger partial charge is 0.306 e. The second-order valence-electron chi connectivity index (χ2n) is 6.92. The fourth-order valence-electron chi connectivity index (χ4n) is 3.81. The highest BCUT2D eigenvalue weighted by atomic mass is 35.5. The minimum absolute atomic E-state index is 0.00477. The molecule has 2 heterocycles. The summed E-state index contributed by atoms with van der Waals surface area (Å²) in [5, 5.41) is 0.827. The number of H-pyrrole nitrogens is 1. The zero-order valence-electron chi connectivity index (χ0n) is 14.3. The van der Waals surface area contributed by atoms with Gasteiger partial charge in [-0.15, -0.1) is 0 Å². The Bertz CT molecular complexity index is 951. The van der Waals surface area contributed by atoms with E-state index in [4.69, 9.17) is 11.6 Å². The predicted octanol–water partition coefficient (Wildman–Crippen LogP) is 4.13. The molecule has 0 unspecified atom stereocenters. The summed E-state index contributed by atoms with van der Waals surface area (Å²) >= 11 is 6.28. The Labute approximate surface area is 152 Å². The number of fused-ring (bicyclic) bond motifs is 1. The lowest BCUT2D eigenvalue weighted by Gasteiger charge is -2.32. The highest BCUT2D eigenvalue weighted by Gasteiger charge is 2.23. The standard InChI is InChI=1S/C20H22ClN3O/c1-14-6-7-19-18(12-14)22-20(25)24(19)16-8-10-23(11-9-16)13-15-4-2-3-5-17(15)21/h2-7,12,16H,8-11,13H2,1H3,(H,22,25). The molecule has 0 saturated carbocycles. The third kappa shape index (κ3) is 3.24. The maximum Gasteiger partial charge on any atom is 0.326 e. The number of benzene rings is 2. The topological polar surface area (TPSA) is 41.0 Å². The van der Waals surface area contributed by atoms with Gasteiger partial charge in [0.2, 0.25) is 0 Å². The van der Waals surface area contributed by atoms with E-state index in [0.717, 1.165) is 54.1 Å². The summed E-state index contributed by atoms with van der Waals surface area (Å²) in [5.74, 6) is 0. The molecule has 0 atom stereocenters. The van der Waals surface area contributed by atoms with E-state index in [2.05, 4.69) is 28.1 Å². The number of nitrogens with zero attached hydrogens (tertiary/aromatic N) is 2. The summed E-state index contributed by atoms with van der Waals surface area (Å²) < 4.78 is 1.95. The minimum Gasteiger partial charge on any atom is -0.306 e. The van der Waals surface area contributed by atoms with Crippen LogP contribution in [0.3, 0.4) is 0 Å². The molecule has 3 aromatic rings. The molecule has 25 heavy (non-hydrogen) atoms. The van der Waals surface area contributed by atoms with Gasteiger partial charge in [0.25, 0.3) is 0 Å². The van der Waals surface area contributed by atoms with Crippen LogP contribution in [0.2, 0.25) is 5.02 Å². The number of nitrogens with one attached hydrogen (secondary N) is 1. The van der Waals surface area contributed by atoms with Crippen LogP contribution in [-0.2, 0) is 6.54 Å². The van der Waals surface area contributed by atoms with Crippen molar-refractivity contribution in [2.45, 2.75) is 32.4 Å². The van der Waals surface area contributed by atoms with Gasteiger partial charge in [0.1, 0.15) is 0 Å². The molecule has 0 aliphatic carbocycles. The van der Waals surface area contributed by atoms with Crippen LogP contribution in [0.5, 0.6) is 0 Å². The number of piperidine rings is 1. The van der Waals surface area contributed by atoms with Gasteiger partial charge < -0.3 is 4.98 Å². The Morgan fingerprint density at radius 1 is 1.16 bits per heavy atom. The summed E-state index contributed by atoms with van der Waals surface area (Å²) in [7, 11) is 0. The van der Waals surface area contributed by atoms with Crippen molar-refractivity contribution in [1.29, 1.82) is 0 Å². The number of imidazole rings is 1. The van der Waals surface area contributed by atoms with Crippen LogP contribution < -0.4 is 5.69 Å². The number of aryl methyl sites for hydroxylation is 1. The van der Waals surface area contributed by atoms with E-state index in [1.54, 1.807) is 0 Å². The fraction of sp³-hybridized carbons (Fsp3) is 0.350. The van der Waals surface area contributed by atoms with Gasteiger partial charge in [0.15, 0.2) is 0 Å². The van der Waals surface area contributed by atoms with E-state index in [0.29, 0.717) is 0 Å². The molecule has 1 aromatic heterocycles. The molecular weight excluding hydrogens is 334 g/mol. The largest absolute Gasteiger partial charge is 0.326 e. The first-order valence-electron chi connectivity index (χ1n) is 8.78. The monoisotopic (exact) mass is 355 g/mol. The summed E-state index contributed by atoms with van der Waals surface area (Å²) in [6, 6.07) is 14.4. The number of halogens is 1. The van der Waals surface area contributed by atoms with Crippen molar-refractivity contribution in [2.75, 3.05) is 13.1 Å². The van der Waals surface area contributed by atoms with Crippen LogP contribution in [0, 0.1) is 6.92 Å². The molecule has 130 valence electrons. The molecule has 0 radical (unpaired) electrons. The van der Waals surface area contributed by atoms with Crippen LogP contribution in [0.15, 0.2) is 47.3 Å². The maximum absolute atomic E-state index is 12.4. The number of aromatic nitrogens is 2. The first-order valence-corrected chi connectivity index (χ1v) is 9.16. The number of likely N-dealkylation sites (tertiary alicyclic amines) is 1. The van der Waals surface area contributed by atoms with E-state index in [-0.39, 0.29) is 11.7 Å². The van der Waals surface area contributed by atoms with Gasteiger partial charge in [-0.1, -0.05) is 35.9 Å². The molecule has 4 nitrogen and oxygen atoms in total. The van der Waals surface area contributed by atoms with Gasteiger partial charge in [0, 0.05) is 30.7 Å². The lowest BCUT2D eigenvalue weighted by Crippen LogP contribution is -2.36. The first-order chi connectivity index (χ1) is 12.1. The Morgan fingerprint density at radius 3 is 2.68 bits per heavy atom. The molecule has 1 saturated heterocycles. The fourth-order valence-corrected chi connectivity index (χ4v) is 4.01. The van der Waals surface area contributed by atoms with Crippen molar-refractivity contribution in [1.82, 2.24) is 14.5 Å². The minimum atomic E-state index is 0.00477. The quantitative estimate of drug-likeness (QED) is 0.767. The maximum atomic E-state index is 12.4. The third-order valence-corrected chi connectivity index (χ3v) is 5.51. The first kappa shape index (κ1) is 16.4. The van der Waals surface area contributed by atoms with E-state index in [9.17, 15) is 4.79 Å². The summed E-state index contributed by atoms with van der Waals surface area (Å²) in [4.78, 5) is 17.9. The van der Waals surface area contributed by atoms with Crippen LogP contribution in [0.4, 0.5) is 0 Å². The molecule has 1 aliphatic rings. The second kappa shape index (κ2) is 6.70. The average Bonchev–Trinajstić information content (AvgIpc) is 2.92. The lowest BCUT2D eigenvalue weighted by atomic mass is 10.0. The zero-order chi connectivity index (χ0) is 17.4. The van der Waals surface area contributed by atoms with Crippen molar-refractivity contribution in [3.8, 4) is 0 Å². The van der Waals surface area contributed by atoms with Gasteiger partial charge >= 0.3 is 5.69 Å². The molecule has 4 rings (SSSR count). The van der Waals surface area contributed by atoms with E-state index >= 15 is 0 Å². The summed E-state index contributed by atoms with van der Waals surface area (Å²) in [5.41, 5.74) is 4.28. The molecule has 1 fully saturated rings. The SMILES string of the molecule is Cc1ccc2c(c1)[nH]c(=O)n2C1CCN(Cc2ccccc2Cl)CC1. The molecular formula is C20H22ClN3O. The van der Waals surface area contributed by atoms with Gasteiger partial charge in [-0.25, -0.2) is 4.79 Å². The molecule has 1 aliphatic heterocycles. The van der Waals surface area contributed by atoms with E-state index in [1.807, 2.05) is 35.8 Å². The Kier molecular flexibility index (Phi) is 4.40. The molecule has 1 N–H and O–H groups in total. The number of aromatic amines is 1. The van der Waals surface area contributed by atoms with Gasteiger partial charge in [-0.3, -0.25) is 9.47 Å². The molecule has 2 aromatic carbocycles. The number of hydrogen-bond donors (Lipinski definition) is 1. The highest BCUT2D eigenvalue weighted by molar-refractivity contribution is 6.31. The Balaban J connectivity index is 1.50. The lowest BCUT2D eigenvalue weighted by molar-refractivity contribution is 0.180. The van der Waals surface area contributed by atoms with Crippen molar-refractivity contribution < 1.29 is 0 Å². The average molecular weight is 356 g/mol. The third-order valence-electron chi connectivity index (χ3n) is 5.15.